The van der Waals surface area contributed by atoms with Gasteiger partial charge < -0.3 is 29.2 Å². The molecule has 258 valence electrons. The molecule has 4 bridgehead atoms. The molecule has 3 saturated carbocycles. The topological polar surface area (TPSA) is 129 Å². The molecule has 1 aromatic rings. The molecular weight excluding hydrogens is 612 g/mol. The van der Waals surface area contributed by atoms with Crippen LogP contribution in [0.4, 0.5) is 0 Å². The van der Waals surface area contributed by atoms with Crippen molar-refractivity contribution in [2.75, 3.05) is 7.11 Å². The fourth-order valence-corrected chi connectivity index (χ4v) is 9.04. The van der Waals surface area contributed by atoms with Crippen molar-refractivity contribution in [2.45, 2.75) is 116 Å². The van der Waals surface area contributed by atoms with Gasteiger partial charge in [-0.2, -0.15) is 0 Å². The molecule has 9 nitrogen and oxygen atoms in total. The van der Waals surface area contributed by atoms with E-state index in [9.17, 15) is 19.8 Å². The lowest BCUT2D eigenvalue weighted by Crippen LogP contribution is -2.80. The van der Waals surface area contributed by atoms with E-state index in [2.05, 4.69) is 19.9 Å². The number of carboxylic acid groups (broad SMARTS) is 1. The Morgan fingerprint density at radius 1 is 1.02 bits per heavy atom. The Labute approximate surface area is 282 Å². The van der Waals surface area contributed by atoms with E-state index in [1.807, 2.05) is 52.8 Å². The summed E-state index contributed by atoms with van der Waals surface area (Å²) in [6.07, 6.45) is 10.8. The number of phenols is 1. The zero-order valence-electron chi connectivity index (χ0n) is 29.5. The Morgan fingerprint density at radius 2 is 1.71 bits per heavy atom. The average Bonchev–Trinajstić information content (AvgIpc) is 3.14. The second-order valence-electron chi connectivity index (χ2n) is 15.5. The summed E-state index contributed by atoms with van der Waals surface area (Å²) in [6, 6.07) is 0. The molecule has 4 fully saturated rings. The number of methoxy groups -OCH3 is 1. The van der Waals surface area contributed by atoms with Crippen molar-refractivity contribution in [3.8, 4) is 17.2 Å². The van der Waals surface area contributed by atoms with Crippen LogP contribution in [-0.2, 0) is 25.5 Å². The number of Topliss-reactive ketones (excluding diaryl/α,β-unsaturated/α-hetero) is 2. The van der Waals surface area contributed by atoms with Crippen molar-refractivity contribution in [1.29, 1.82) is 0 Å². The quantitative estimate of drug-likeness (QED) is 0.214. The fourth-order valence-electron chi connectivity index (χ4n) is 9.04. The van der Waals surface area contributed by atoms with Crippen molar-refractivity contribution in [3.63, 3.8) is 0 Å². The molecule has 1 aromatic carbocycles. The van der Waals surface area contributed by atoms with Crippen molar-refractivity contribution in [2.24, 2.45) is 17.8 Å². The second-order valence-corrected chi connectivity index (χ2v) is 15.5. The van der Waals surface area contributed by atoms with Crippen LogP contribution in [0.1, 0.15) is 103 Å². The molecule has 48 heavy (non-hydrogen) atoms. The van der Waals surface area contributed by atoms with E-state index < -0.39 is 52.2 Å². The highest BCUT2D eigenvalue weighted by Gasteiger charge is 2.85. The standard InChI is InChI=1S/C39H48O9/c1-20(2)11-10-16-37(8)17-15-23-29(40)27-30(41)28-33(45-9)25-19-26-36(6,7)48-38(34(25)42,18-14-22(5)35(43)44)39(26,28)47-32(27)24(31(23)46-37)13-12-21(3)4/h11-12,14-15,17,25-26,28,33,40H,10,13,16,18-19H2,1-9H3,(H,43,44)/b22-14-/t25-,26-,28-,33-,37+,38-,39-/m0/s1. The van der Waals surface area contributed by atoms with Crippen LogP contribution in [0.5, 0.6) is 17.2 Å². The minimum Gasteiger partial charge on any atom is -0.506 e. The Morgan fingerprint density at radius 3 is 2.33 bits per heavy atom. The Hall–Kier alpha value is -3.69. The number of fused-ring (bicyclic) bond motifs is 2. The molecule has 3 aliphatic heterocycles. The maximum absolute atomic E-state index is 15.1. The normalized spacial score (nSPS) is 33.6. The largest absolute Gasteiger partial charge is 0.506 e. The van der Waals surface area contributed by atoms with E-state index in [4.69, 9.17) is 18.9 Å². The molecule has 0 aromatic heterocycles. The van der Waals surface area contributed by atoms with Crippen LogP contribution >= 0.6 is 0 Å². The van der Waals surface area contributed by atoms with Crippen LogP contribution in [0.3, 0.4) is 0 Å². The number of ether oxygens (including phenoxy) is 4. The van der Waals surface area contributed by atoms with E-state index in [0.717, 1.165) is 12.0 Å². The first-order chi connectivity index (χ1) is 22.4. The van der Waals surface area contributed by atoms with Crippen LogP contribution in [0.15, 0.2) is 41.0 Å². The minimum absolute atomic E-state index is 0.0505. The monoisotopic (exact) mass is 660 g/mol. The van der Waals surface area contributed by atoms with E-state index in [1.54, 1.807) is 0 Å². The van der Waals surface area contributed by atoms with Crippen LogP contribution < -0.4 is 9.47 Å². The Balaban J connectivity index is 1.61. The third kappa shape index (κ3) is 4.75. The molecular formula is C39H48O9. The summed E-state index contributed by atoms with van der Waals surface area (Å²) in [4.78, 5) is 41.6. The van der Waals surface area contributed by atoms with Gasteiger partial charge in [-0.05, 0) is 93.2 Å². The van der Waals surface area contributed by atoms with E-state index in [-0.39, 0.29) is 40.6 Å². The fraction of sp³-hybridized carbons (Fsp3) is 0.564. The molecule has 3 aliphatic carbocycles. The van der Waals surface area contributed by atoms with Gasteiger partial charge in [0.05, 0.1) is 23.2 Å². The summed E-state index contributed by atoms with van der Waals surface area (Å²) in [6.45, 7) is 15.4. The van der Waals surface area contributed by atoms with Crippen molar-refractivity contribution < 1.29 is 43.5 Å². The molecule has 2 N–H and O–H groups in total. The molecule has 3 heterocycles. The van der Waals surface area contributed by atoms with Crippen molar-refractivity contribution in [1.82, 2.24) is 0 Å². The average molecular weight is 661 g/mol. The van der Waals surface area contributed by atoms with Gasteiger partial charge in [-0.25, -0.2) is 4.79 Å². The molecule has 1 saturated heterocycles. The number of phenolic OH excluding ortho intramolecular Hbond substituents is 1. The van der Waals surface area contributed by atoms with Gasteiger partial charge in [0.15, 0.2) is 22.8 Å². The maximum atomic E-state index is 15.1. The third-order valence-corrected chi connectivity index (χ3v) is 11.3. The highest BCUT2D eigenvalue weighted by Crippen LogP contribution is 2.70. The van der Waals surface area contributed by atoms with Crippen LogP contribution in [-0.4, -0.2) is 63.4 Å². The number of rotatable bonds is 9. The molecule has 7 rings (SSSR count). The predicted octanol–water partition coefficient (Wildman–Crippen LogP) is 6.94. The van der Waals surface area contributed by atoms with Gasteiger partial charge in [0.25, 0.3) is 0 Å². The van der Waals surface area contributed by atoms with Gasteiger partial charge in [-0.15, -0.1) is 0 Å². The third-order valence-electron chi connectivity index (χ3n) is 11.3. The van der Waals surface area contributed by atoms with Gasteiger partial charge in [0, 0.05) is 36.5 Å². The number of carbonyl (C=O) groups is 3. The molecule has 1 spiro atoms. The van der Waals surface area contributed by atoms with Crippen molar-refractivity contribution in [3.05, 3.63) is 57.7 Å². The van der Waals surface area contributed by atoms with Crippen LogP contribution in [0, 0.1) is 17.8 Å². The Kier molecular flexibility index (Phi) is 8.15. The number of ketones is 2. The second kappa shape index (κ2) is 11.4. The summed E-state index contributed by atoms with van der Waals surface area (Å²) in [7, 11) is 1.49. The highest BCUT2D eigenvalue weighted by molar-refractivity contribution is 6.10. The van der Waals surface area contributed by atoms with E-state index >= 15 is 4.79 Å². The number of carbonyl (C=O) groups excluding carboxylic acids is 2. The summed E-state index contributed by atoms with van der Waals surface area (Å²) in [5.41, 5.74) is -1.39. The first kappa shape index (κ1) is 34.2. The van der Waals surface area contributed by atoms with Gasteiger partial charge in [0.2, 0.25) is 0 Å². The first-order valence-electron chi connectivity index (χ1n) is 16.9. The van der Waals surface area contributed by atoms with Gasteiger partial charge in [-0.1, -0.05) is 29.4 Å². The van der Waals surface area contributed by atoms with Crippen LogP contribution in [0.25, 0.3) is 6.08 Å². The minimum atomic E-state index is -1.66. The number of aliphatic carboxylic acids is 1. The summed E-state index contributed by atoms with van der Waals surface area (Å²) >= 11 is 0. The number of aromatic hydroxyl groups is 1. The summed E-state index contributed by atoms with van der Waals surface area (Å²) in [5.74, 6) is -3.41. The zero-order valence-corrected chi connectivity index (χ0v) is 29.5. The molecule has 0 amide bonds. The van der Waals surface area contributed by atoms with E-state index in [0.29, 0.717) is 36.1 Å². The Bertz CT molecular complexity index is 1720. The zero-order chi connectivity index (χ0) is 35.1. The SMILES string of the molecule is CO[C@H]1[C@@H]2C[C@H]3C(C)(C)O[C@@](C/C=C(/C)C(=O)O)(C2=O)[C@]32Oc3c(CC=C(C)C)c4c(c(O)c3C(=O)[C@@H]12)C=C[C@@](C)(CCC=C(C)C)O4. The lowest BCUT2D eigenvalue weighted by molar-refractivity contribution is -0.224. The van der Waals surface area contributed by atoms with E-state index in [1.165, 1.54) is 25.7 Å². The molecule has 0 radical (unpaired) electrons. The molecule has 9 heteroatoms. The predicted molar refractivity (Wildman–Crippen MR) is 180 cm³/mol. The maximum Gasteiger partial charge on any atom is 0.330 e. The summed E-state index contributed by atoms with van der Waals surface area (Å²) in [5, 5.41) is 21.6. The highest BCUT2D eigenvalue weighted by atomic mass is 16.6. The lowest BCUT2D eigenvalue weighted by Gasteiger charge is -2.62. The number of hydrogen-bond donors (Lipinski definition) is 2. The smallest absolute Gasteiger partial charge is 0.330 e. The molecule has 6 aliphatic rings. The van der Waals surface area contributed by atoms with Crippen LogP contribution in [0.2, 0.25) is 0 Å². The number of benzene rings is 1. The molecule has 0 unspecified atom stereocenters. The summed E-state index contributed by atoms with van der Waals surface area (Å²) < 4.78 is 26.8. The number of carboxylic acids is 1. The number of allylic oxidation sites excluding steroid dienone is 4. The van der Waals surface area contributed by atoms with Gasteiger partial charge in [0.1, 0.15) is 28.4 Å². The lowest BCUT2D eigenvalue weighted by atomic mass is 9.45. The van der Waals surface area contributed by atoms with Gasteiger partial charge >= 0.3 is 5.97 Å². The van der Waals surface area contributed by atoms with Gasteiger partial charge in [-0.3, -0.25) is 9.59 Å². The van der Waals surface area contributed by atoms with Crippen molar-refractivity contribution >= 4 is 23.6 Å². The molecule has 7 atom stereocenters. The number of hydrogen-bond acceptors (Lipinski definition) is 8. The first-order valence-corrected chi connectivity index (χ1v) is 16.9.